The van der Waals surface area contributed by atoms with Crippen molar-refractivity contribution in [2.24, 2.45) is 0 Å². The Labute approximate surface area is 147 Å². The van der Waals surface area contributed by atoms with E-state index in [1.165, 1.54) is 17.4 Å². The number of nitrogens with two attached hydrogens (primary N) is 1. The molecule has 2 aromatic carbocycles. The molecule has 0 unspecified atom stereocenters. The number of aryl methyl sites for hydroxylation is 1. The molecule has 0 saturated carbocycles. The van der Waals surface area contributed by atoms with Gasteiger partial charge in [-0.2, -0.15) is 0 Å². The fourth-order valence-corrected chi connectivity index (χ4v) is 4.11. The smallest absolute Gasteiger partial charge is 0.267 e. The van der Waals surface area contributed by atoms with Crippen molar-refractivity contribution in [1.82, 2.24) is 4.98 Å². The van der Waals surface area contributed by atoms with Gasteiger partial charge in [-0.15, -0.1) is 11.3 Å². The summed E-state index contributed by atoms with van der Waals surface area (Å²) in [5.41, 5.74) is 7.87. The number of hydrogen-bond donors (Lipinski definition) is 3. The average Bonchev–Trinajstić information content (AvgIpc) is 2.92. The quantitative estimate of drug-likeness (QED) is 0.513. The van der Waals surface area contributed by atoms with Crippen LogP contribution >= 0.6 is 11.3 Å². The summed E-state index contributed by atoms with van der Waals surface area (Å²) in [6.45, 7) is 1.81. The number of H-pyrrole nitrogens is 1. The second-order valence-electron chi connectivity index (χ2n) is 5.85. The normalized spacial score (nSPS) is 11.1. The van der Waals surface area contributed by atoms with Gasteiger partial charge in [-0.05, 0) is 23.9 Å². The van der Waals surface area contributed by atoms with Crippen LogP contribution in [0.15, 0.2) is 53.3 Å². The van der Waals surface area contributed by atoms with Crippen LogP contribution in [-0.4, -0.2) is 10.9 Å². The van der Waals surface area contributed by atoms with E-state index >= 15 is 0 Å². The number of anilines is 2. The van der Waals surface area contributed by atoms with Crippen LogP contribution in [0.4, 0.5) is 11.4 Å². The molecule has 0 aliphatic carbocycles. The lowest BCUT2D eigenvalue weighted by molar-refractivity contribution is 0.103. The van der Waals surface area contributed by atoms with Crippen molar-refractivity contribution in [3.8, 4) is 0 Å². The SMILES string of the molecule is Cc1cc(=O)[nH]c2sc(C(=O)Nc3cccc4ccccc34)c(N)c12. The van der Waals surface area contributed by atoms with Gasteiger partial charge in [0.15, 0.2) is 0 Å². The number of rotatable bonds is 2. The van der Waals surface area contributed by atoms with Crippen molar-refractivity contribution in [2.75, 3.05) is 11.1 Å². The molecule has 4 aromatic rings. The molecular weight excluding hydrogens is 334 g/mol. The van der Waals surface area contributed by atoms with Crippen molar-refractivity contribution < 1.29 is 4.79 Å². The Balaban J connectivity index is 1.79. The number of nitrogen functional groups attached to an aromatic ring is 1. The van der Waals surface area contributed by atoms with Crippen molar-refractivity contribution in [3.05, 3.63) is 69.3 Å². The standard InChI is InChI=1S/C19H15N3O2S/c1-10-9-14(23)22-19-15(10)16(20)17(25-19)18(24)21-13-8-4-6-11-5-2-3-7-12(11)13/h2-9H,20H2,1H3,(H,21,24)(H,22,23). The van der Waals surface area contributed by atoms with Gasteiger partial charge >= 0.3 is 0 Å². The third-order valence-corrected chi connectivity index (χ3v) is 5.29. The Hall–Kier alpha value is -3.12. The van der Waals surface area contributed by atoms with Gasteiger partial charge in [0, 0.05) is 22.5 Å². The molecule has 6 heteroatoms. The minimum Gasteiger partial charge on any atom is -0.397 e. The first kappa shape index (κ1) is 15.4. The fourth-order valence-electron chi connectivity index (χ4n) is 3.02. The van der Waals surface area contributed by atoms with E-state index in [0.717, 1.165) is 27.4 Å². The first-order valence-electron chi connectivity index (χ1n) is 7.75. The first-order chi connectivity index (χ1) is 12.0. The Bertz CT molecular complexity index is 1190. The number of nitrogens with one attached hydrogen (secondary N) is 2. The predicted octanol–water partition coefficient (Wildman–Crippen LogP) is 3.89. The van der Waals surface area contributed by atoms with Crippen molar-refractivity contribution in [3.63, 3.8) is 0 Å². The third-order valence-electron chi connectivity index (χ3n) is 4.17. The molecule has 0 aliphatic rings. The largest absolute Gasteiger partial charge is 0.397 e. The summed E-state index contributed by atoms with van der Waals surface area (Å²) < 4.78 is 0. The number of amides is 1. The van der Waals surface area contributed by atoms with E-state index in [1.807, 2.05) is 49.4 Å². The molecule has 25 heavy (non-hydrogen) atoms. The van der Waals surface area contributed by atoms with Gasteiger partial charge in [-0.3, -0.25) is 9.59 Å². The van der Waals surface area contributed by atoms with Crippen LogP contribution in [0, 0.1) is 6.92 Å². The third kappa shape index (κ3) is 2.56. The van der Waals surface area contributed by atoms with Gasteiger partial charge in [-0.25, -0.2) is 0 Å². The van der Waals surface area contributed by atoms with E-state index in [0.29, 0.717) is 15.4 Å². The lowest BCUT2D eigenvalue weighted by Crippen LogP contribution is -2.12. The molecule has 0 saturated heterocycles. The first-order valence-corrected chi connectivity index (χ1v) is 8.57. The van der Waals surface area contributed by atoms with E-state index in [1.54, 1.807) is 0 Å². The summed E-state index contributed by atoms with van der Waals surface area (Å²) in [6, 6.07) is 15.1. The molecule has 0 atom stereocenters. The monoisotopic (exact) mass is 349 g/mol. The lowest BCUT2D eigenvalue weighted by Gasteiger charge is -2.08. The van der Waals surface area contributed by atoms with E-state index in [-0.39, 0.29) is 11.5 Å². The van der Waals surface area contributed by atoms with Crippen LogP contribution in [0.25, 0.3) is 21.0 Å². The summed E-state index contributed by atoms with van der Waals surface area (Å²) in [5, 5.41) is 5.67. The predicted molar refractivity (Wildman–Crippen MR) is 103 cm³/mol. The highest BCUT2D eigenvalue weighted by atomic mass is 32.1. The molecule has 2 heterocycles. The number of carbonyl (C=O) groups excluding carboxylic acids is 1. The van der Waals surface area contributed by atoms with Crippen molar-refractivity contribution in [1.29, 1.82) is 0 Å². The minimum atomic E-state index is -0.282. The van der Waals surface area contributed by atoms with Gasteiger partial charge in [0.25, 0.3) is 5.91 Å². The second kappa shape index (κ2) is 5.75. The van der Waals surface area contributed by atoms with Crippen LogP contribution in [0.1, 0.15) is 15.2 Å². The summed E-state index contributed by atoms with van der Waals surface area (Å²) in [4.78, 5) is 28.2. The topological polar surface area (TPSA) is 88.0 Å². The molecule has 5 nitrogen and oxygen atoms in total. The number of aromatic amines is 1. The molecule has 0 fully saturated rings. The number of fused-ring (bicyclic) bond motifs is 2. The highest BCUT2D eigenvalue weighted by Crippen LogP contribution is 2.34. The van der Waals surface area contributed by atoms with Gasteiger partial charge in [0.1, 0.15) is 9.71 Å². The van der Waals surface area contributed by atoms with E-state index < -0.39 is 0 Å². The minimum absolute atomic E-state index is 0.202. The van der Waals surface area contributed by atoms with Crippen LogP contribution in [0.5, 0.6) is 0 Å². The molecule has 1 amide bonds. The molecule has 0 spiro atoms. The maximum absolute atomic E-state index is 12.8. The maximum Gasteiger partial charge on any atom is 0.267 e. The number of aromatic nitrogens is 1. The van der Waals surface area contributed by atoms with Gasteiger partial charge < -0.3 is 16.0 Å². The second-order valence-corrected chi connectivity index (χ2v) is 6.87. The zero-order chi connectivity index (χ0) is 17.6. The molecular formula is C19H15N3O2S. The van der Waals surface area contributed by atoms with Gasteiger partial charge in [-0.1, -0.05) is 36.4 Å². The van der Waals surface area contributed by atoms with Crippen LogP contribution in [0.3, 0.4) is 0 Å². The summed E-state index contributed by atoms with van der Waals surface area (Å²) in [7, 11) is 0. The van der Waals surface area contributed by atoms with Crippen molar-refractivity contribution >= 4 is 49.6 Å². The average molecular weight is 349 g/mol. The Morgan fingerprint density at radius 3 is 2.76 bits per heavy atom. The highest BCUT2D eigenvalue weighted by molar-refractivity contribution is 7.21. The molecule has 0 radical (unpaired) electrons. The molecule has 4 N–H and O–H groups in total. The highest BCUT2D eigenvalue weighted by Gasteiger charge is 2.19. The molecule has 4 rings (SSSR count). The van der Waals surface area contributed by atoms with Crippen molar-refractivity contribution in [2.45, 2.75) is 6.92 Å². The number of thiophene rings is 1. The Morgan fingerprint density at radius 1 is 1.16 bits per heavy atom. The zero-order valence-corrected chi connectivity index (χ0v) is 14.2. The summed E-state index contributed by atoms with van der Waals surface area (Å²) in [6.07, 6.45) is 0. The van der Waals surface area contributed by atoms with Crippen LogP contribution in [-0.2, 0) is 0 Å². The van der Waals surface area contributed by atoms with Crippen LogP contribution < -0.4 is 16.6 Å². The van der Waals surface area contributed by atoms with Crippen LogP contribution in [0.2, 0.25) is 0 Å². The summed E-state index contributed by atoms with van der Waals surface area (Å²) >= 11 is 1.19. The number of hydrogen-bond acceptors (Lipinski definition) is 4. The lowest BCUT2D eigenvalue weighted by atomic mass is 10.1. The van der Waals surface area contributed by atoms with Gasteiger partial charge in [0.2, 0.25) is 5.56 Å². The molecule has 2 aromatic heterocycles. The molecule has 0 aliphatic heterocycles. The molecule has 0 bridgehead atoms. The van der Waals surface area contributed by atoms with E-state index in [4.69, 9.17) is 5.73 Å². The van der Waals surface area contributed by atoms with E-state index in [9.17, 15) is 9.59 Å². The maximum atomic E-state index is 12.8. The number of pyridine rings is 1. The fraction of sp³-hybridized carbons (Fsp3) is 0.0526. The van der Waals surface area contributed by atoms with Gasteiger partial charge in [0.05, 0.1) is 5.69 Å². The van der Waals surface area contributed by atoms with E-state index in [2.05, 4.69) is 10.3 Å². The zero-order valence-electron chi connectivity index (χ0n) is 13.4. The number of benzene rings is 2. The molecule has 124 valence electrons. The Kier molecular flexibility index (Phi) is 3.54. The summed E-state index contributed by atoms with van der Waals surface area (Å²) in [5.74, 6) is -0.282. The Morgan fingerprint density at radius 2 is 1.92 bits per heavy atom. The number of carbonyl (C=O) groups is 1.